The van der Waals surface area contributed by atoms with E-state index in [1.165, 1.54) is 5.56 Å². The molecule has 0 radical (unpaired) electrons. The Morgan fingerprint density at radius 3 is 2.50 bits per heavy atom. The summed E-state index contributed by atoms with van der Waals surface area (Å²) < 4.78 is 7.48. The molecule has 6 heteroatoms. The van der Waals surface area contributed by atoms with Gasteiger partial charge in [-0.15, -0.1) is 0 Å². The fourth-order valence-electron chi connectivity index (χ4n) is 2.66. The van der Waals surface area contributed by atoms with Gasteiger partial charge in [-0.2, -0.15) is 5.10 Å². The highest BCUT2D eigenvalue weighted by Crippen LogP contribution is 2.15. The Labute approximate surface area is 143 Å². The summed E-state index contributed by atoms with van der Waals surface area (Å²) in [7, 11) is 5.45. The number of benzene rings is 1. The smallest absolute Gasteiger partial charge is 0.191 e. The minimum atomic E-state index is -0.0217. The number of aromatic nitrogens is 2. The van der Waals surface area contributed by atoms with Crippen LogP contribution < -0.4 is 10.6 Å². The molecule has 0 aliphatic heterocycles. The Morgan fingerprint density at radius 2 is 1.96 bits per heavy atom. The van der Waals surface area contributed by atoms with Gasteiger partial charge >= 0.3 is 0 Å². The molecule has 1 heterocycles. The van der Waals surface area contributed by atoms with Crippen molar-refractivity contribution in [3.05, 3.63) is 52.8 Å². The molecule has 1 aromatic heterocycles. The molecule has 6 nitrogen and oxygen atoms in total. The number of ether oxygens (including phenoxy) is 1. The lowest BCUT2D eigenvalue weighted by Gasteiger charge is -2.18. The van der Waals surface area contributed by atoms with Crippen LogP contribution in [-0.4, -0.2) is 36.4 Å². The number of aryl methyl sites for hydroxylation is 2. The van der Waals surface area contributed by atoms with E-state index in [2.05, 4.69) is 39.8 Å². The summed E-state index contributed by atoms with van der Waals surface area (Å²) in [5, 5.41) is 11.1. The number of nitrogens with one attached hydrogen (secondary N) is 2. The summed E-state index contributed by atoms with van der Waals surface area (Å²) in [4.78, 5) is 4.28. The predicted molar refractivity (Wildman–Crippen MR) is 97.1 cm³/mol. The van der Waals surface area contributed by atoms with E-state index >= 15 is 0 Å². The van der Waals surface area contributed by atoms with E-state index in [1.54, 1.807) is 14.2 Å². The van der Waals surface area contributed by atoms with Crippen molar-refractivity contribution in [1.82, 2.24) is 20.4 Å². The summed E-state index contributed by atoms with van der Waals surface area (Å²) in [5.41, 5.74) is 4.54. The lowest BCUT2D eigenvalue weighted by molar-refractivity contribution is 0.106. The molecule has 0 saturated carbocycles. The average Bonchev–Trinajstić information content (AvgIpc) is 2.84. The van der Waals surface area contributed by atoms with Crippen molar-refractivity contribution in [3.8, 4) is 0 Å². The zero-order chi connectivity index (χ0) is 17.5. The SMILES string of the molecule is CN=C(NCc1c(C)nn(C)c1C)NCC(OC)c1ccccc1. The van der Waals surface area contributed by atoms with Crippen molar-refractivity contribution >= 4 is 5.96 Å². The summed E-state index contributed by atoms with van der Waals surface area (Å²) in [5.74, 6) is 0.746. The van der Waals surface area contributed by atoms with Crippen LogP contribution in [0.3, 0.4) is 0 Å². The van der Waals surface area contributed by atoms with Gasteiger partial charge in [-0.1, -0.05) is 30.3 Å². The molecule has 0 bridgehead atoms. The number of methoxy groups -OCH3 is 1. The Bertz CT molecular complexity index is 678. The quantitative estimate of drug-likeness (QED) is 0.629. The van der Waals surface area contributed by atoms with Crippen molar-refractivity contribution in [2.45, 2.75) is 26.5 Å². The van der Waals surface area contributed by atoms with Gasteiger partial charge in [0, 0.05) is 45.6 Å². The molecule has 0 spiro atoms. The van der Waals surface area contributed by atoms with Gasteiger partial charge < -0.3 is 15.4 Å². The van der Waals surface area contributed by atoms with Crippen LogP contribution >= 0.6 is 0 Å². The molecule has 2 rings (SSSR count). The lowest BCUT2D eigenvalue weighted by Crippen LogP contribution is -2.39. The second-order valence-electron chi connectivity index (χ2n) is 5.71. The van der Waals surface area contributed by atoms with Gasteiger partial charge in [-0.3, -0.25) is 9.67 Å². The standard InChI is InChI=1S/C18H27N5O/c1-13-16(14(2)23(4)22-13)11-20-18(19-3)21-12-17(24-5)15-9-7-6-8-10-15/h6-10,17H,11-12H2,1-5H3,(H2,19,20,21). The van der Waals surface area contributed by atoms with Gasteiger partial charge in [0.1, 0.15) is 0 Å². The average molecular weight is 329 g/mol. The topological polar surface area (TPSA) is 63.5 Å². The van der Waals surface area contributed by atoms with Crippen LogP contribution in [-0.2, 0) is 18.3 Å². The highest BCUT2D eigenvalue weighted by molar-refractivity contribution is 5.79. The molecule has 0 aliphatic carbocycles. The zero-order valence-electron chi connectivity index (χ0n) is 15.1. The molecule has 1 atom stereocenters. The zero-order valence-corrected chi connectivity index (χ0v) is 15.1. The Hall–Kier alpha value is -2.34. The number of rotatable bonds is 6. The van der Waals surface area contributed by atoms with Crippen LogP contribution in [0, 0.1) is 13.8 Å². The second-order valence-corrected chi connectivity index (χ2v) is 5.71. The number of guanidine groups is 1. The maximum absolute atomic E-state index is 5.58. The van der Waals surface area contributed by atoms with E-state index < -0.39 is 0 Å². The molecular formula is C18H27N5O. The van der Waals surface area contributed by atoms with Gasteiger partial charge in [0.15, 0.2) is 5.96 Å². The van der Waals surface area contributed by atoms with Gasteiger partial charge in [-0.05, 0) is 19.4 Å². The first-order chi connectivity index (χ1) is 11.6. The maximum atomic E-state index is 5.58. The van der Waals surface area contributed by atoms with E-state index in [0.29, 0.717) is 13.1 Å². The summed E-state index contributed by atoms with van der Waals surface area (Å²) in [6.07, 6.45) is -0.0217. The molecule has 24 heavy (non-hydrogen) atoms. The number of hydrogen-bond acceptors (Lipinski definition) is 3. The molecule has 2 aromatic rings. The molecule has 1 unspecified atom stereocenters. The van der Waals surface area contributed by atoms with Crippen molar-refractivity contribution in [2.75, 3.05) is 20.7 Å². The Morgan fingerprint density at radius 1 is 1.25 bits per heavy atom. The minimum Gasteiger partial charge on any atom is -0.375 e. The minimum absolute atomic E-state index is 0.0217. The fraction of sp³-hybridized carbons (Fsp3) is 0.444. The molecule has 0 saturated heterocycles. The van der Waals surface area contributed by atoms with Crippen LogP contribution in [0.15, 0.2) is 35.3 Å². The van der Waals surface area contributed by atoms with Gasteiger partial charge in [-0.25, -0.2) is 0 Å². The van der Waals surface area contributed by atoms with E-state index in [1.807, 2.05) is 36.9 Å². The second kappa shape index (κ2) is 8.49. The van der Waals surface area contributed by atoms with Gasteiger partial charge in [0.2, 0.25) is 0 Å². The third-order valence-electron chi connectivity index (χ3n) is 4.23. The molecule has 0 amide bonds. The summed E-state index contributed by atoms with van der Waals surface area (Å²) in [6, 6.07) is 10.2. The van der Waals surface area contributed by atoms with E-state index in [9.17, 15) is 0 Å². The third-order valence-corrected chi connectivity index (χ3v) is 4.23. The maximum Gasteiger partial charge on any atom is 0.191 e. The first-order valence-electron chi connectivity index (χ1n) is 8.08. The lowest BCUT2D eigenvalue weighted by atomic mass is 10.1. The van der Waals surface area contributed by atoms with Crippen LogP contribution in [0.2, 0.25) is 0 Å². The van der Waals surface area contributed by atoms with E-state index in [-0.39, 0.29) is 6.10 Å². The van der Waals surface area contributed by atoms with Crippen molar-refractivity contribution in [3.63, 3.8) is 0 Å². The van der Waals surface area contributed by atoms with Crippen molar-refractivity contribution in [1.29, 1.82) is 0 Å². The van der Waals surface area contributed by atoms with E-state index in [0.717, 1.165) is 22.9 Å². The number of nitrogens with zero attached hydrogens (tertiary/aromatic N) is 3. The van der Waals surface area contributed by atoms with Crippen LogP contribution in [0.4, 0.5) is 0 Å². The summed E-state index contributed by atoms with van der Waals surface area (Å²) in [6.45, 7) is 5.43. The van der Waals surface area contributed by atoms with E-state index in [4.69, 9.17) is 4.74 Å². The molecule has 130 valence electrons. The molecule has 0 fully saturated rings. The van der Waals surface area contributed by atoms with Gasteiger partial charge in [0.05, 0.1) is 11.8 Å². The Balaban J connectivity index is 1.93. The third kappa shape index (κ3) is 4.35. The normalized spacial score (nSPS) is 13.0. The van der Waals surface area contributed by atoms with Crippen molar-refractivity contribution < 1.29 is 4.74 Å². The first-order valence-corrected chi connectivity index (χ1v) is 8.08. The monoisotopic (exact) mass is 329 g/mol. The number of aliphatic imine (C=N–C) groups is 1. The highest BCUT2D eigenvalue weighted by Gasteiger charge is 2.12. The fourth-order valence-corrected chi connectivity index (χ4v) is 2.66. The van der Waals surface area contributed by atoms with Crippen LogP contribution in [0.1, 0.15) is 28.6 Å². The van der Waals surface area contributed by atoms with Crippen LogP contribution in [0.25, 0.3) is 0 Å². The molecular weight excluding hydrogens is 302 g/mol. The Kier molecular flexibility index (Phi) is 6.37. The van der Waals surface area contributed by atoms with Crippen LogP contribution in [0.5, 0.6) is 0 Å². The first kappa shape index (κ1) is 18.0. The largest absolute Gasteiger partial charge is 0.375 e. The predicted octanol–water partition coefficient (Wildman–Crippen LogP) is 2.09. The van der Waals surface area contributed by atoms with Gasteiger partial charge in [0.25, 0.3) is 0 Å². The molecule has 2 N–H and O–H groups in total. The van der Waals surface area contributed by atoms with Crippen molar-refractivity contribution in [2.24, 2.45) is 12.0 Å². The molecule has 0 aliphatic rings. The molecule has 1 aromatic carbocycles. The summed E-state index contributed by atoms with van der Waals surface area (Å²) >= 11 is 0. The number of hydrogen-bond donors (Lipinski definition) is 2. The highest BCUT2D eigenvalue weighted by atomic mass is 16.5.